The molecule has 0 spiro atoms. The quantitative estimate of drug-likeness (QED) is 0.605. The van der Waals surface area contributed by atoms with Crippen LogP contribution in [0.5, 0.6) is 0 Å². The van der Waals surface area contributed by atoms with E-state index in [-0.39, 0.29) is 17.9 Å². The van der Waals surface area contributed by atoms with Gasteiger partial charge in [-0.25, -0.2) is 8.91 Å². The highest BCUT2D eigenvalue weighted by Gasteiger charge is 2.13. The second kappa shape index (κ2) is 6.81. The van der Waals surface area contributed by atoms with Gasteiger partial charge >= 0.3 is 0 Å². The fourth-order valence-corrected chi connectivity index (χ4v) is 3.14. The topological polar surface area (TPSA) is 59.5 Å². The van der Waals surface area contributed by atoms with Crippen LogP contribution in [0.1, 0.15) is 17.2 Å². The molecule has 1 atom stereocenters. The SMILES string of the molecule is Cc1ccccc1-c1cc2c(=O)n(CC(O)c3ccc(F)cc3)ccn2n1. The lowest BCUT2D eigenvalue weighted by molar-refractivity contribution is 0.155. The molecule has 6 heteroatoms. The van der Waals surface area contributed by atoms with Gasteiger partial charge in [-0.1, -0.05) is 36.4 Å². The molecule has 2 aromatic carbocycles. The van der Waals surface area contributed by atoms with E-state index < -0.39 is 6.10 Å². The van der Waals surface area contributed by atoms with Crippen LogP contribution in [-0.2, 0) is 6.54 Å². The molecule has 0 bridgehead atoms. The van der Waals surface area contributed by atoms with Gasteiger partial charge in [0.1, 0.15) is 11.3 Å². The summed E-state index contributed by atoms with van der Waals surface area (Å²) >= 11 is 0. The van der Waals surface area contributed by atoms with E-state index in [0.29, 0.717) is 11.1 Å². The van der Waals surface area contributed by atoms with Gasteiger partial charge in [0.2, 0.25) is 0 Å². The molecule has 1 unspecified atom stereocenters. The Balaban J connectivity index is 1.69. The number of hydrogen-bond acceptors (Lipinski definition) is 3. The Kier molecular flexibility index (Phi) is 4.33. The molecule has 1 N–H and O–H groups in total. The summed E-state index contributed by atoms with van der Waals surface area (Å²) in [5.41, 5.74) is 3.51. The number of hydrogen-bond donors (Lipinski definition) is 1. The standard InChI is InChI=1S/C21H18FN3O2/c1-14-4-2-3-5-17(14)18-12-19-21(27)24(10-11-25(19)23-18)13-20(26)15-6-8-16(22)9-7-15/h2-12,20,26H,13H2,1H3. The van der Waals surface area contributed by atoms with E-state index in [4.69, 9.17) is 0 Å². The number of fused-ring (bicyclic) bond motifs is 1. The van der Waals surface area contributed by atoms with Crippen molar-refractivity contribution in [1.29, 1.82) is 0 Å². The smallest absolute Gasteiger partial charge is 0.276 e. The van der Waals surface area contributed by atoms with E-state index in [1.54, 1.807) is 23.0 Å². The van der Waals surface area contributed by atoms with Crippen molar-refractivity contribution >= 4 is 5.52 Å². The highest BCUT2D eigenvalue weighted by molar-refractivity contribution is 5.68. The zero-order chi connectivity index (χ0) is 19.0. The summed E-state index contributed by atoms with van der Waals surface area (Å²) in [5, 5.41) is 14.9. The molecule has 5 nitrogen and oxygen atoms in total. The maximum absolute atomic E-state index is 13.0. The van der Waals surface area contributed by atoms with Crippen LogP contribution in [0, 0.1) is 12.7 Å². The highest BCUT2D eigenvalue weighted by atomic mass is 19.1. The van der Waals surface area contributed by atoms with E-state index in [1.807, 2.05) is 31.2 Å². The minimum atomic E-state index is -0.912. The van der Waals surface area contributed by atoms with E-state index >= 15 is 0 Å². The number of aromatic nitrogens is 3. The largest absolute Gasteiger partial charge is 0.387 e. The van der Waals surface area contributed by atoms with Gasteiger partial charge in [-0.15, -0.1) is 0 Å². The Bertz CT molecular complexity index is 1160. The molecule has 4 aromatic rings. The summed E-state index contributed by atoms with van der Waals surface area (Å²) in [5.74, 6) is -0.368. The molecular formula is C21H18FN3O2. The monoisotopic (exact) mass is 363 g/mol. The van der Waals surface area contributed by atoms with Crippen LogP contribution in [0.4, 0.5) is 4.39 Å². The van der Waals surface area contributed by atoms with Crippen molar-refractivity contribution in [2.45, 2.75) is 19.6 Å². The van der Waals surface area contributed by atoms with Gasteiger partial charge in [-0.3, -0.25) is 4.79 Å². The maximum Gasteiger partial charge on any atom is 0.276 e. The molecule has 4 rings (SSSR count). The normalized spacial score (nSPS) is 12.4. The third kappa shape index (κ3) is 3.27. The molecule has 0 radical (unpaired) electrons. The van der Waals surface area contributed by atoms with Gasteiger partial charge in [0, 0.05) is 18.0 Å². The summed E-state index contributed by atoms with van der Waals surface area (Å²) < 4.78 is 16.0. The molecule has 0 fully saturated rings. The second-order valence-electron chi connectivity index (χ2n) is 6.50. The molecule has 0 amide bonds. The first-order valence-electron chi connectivity index (χ1n) is 8.61. The Morgan fingerprint density at radius 3 is 2.59 bits per heavy atom. The fourth-order valence-electron chi connectivity index (χ4n) is 3.14. The van der Waals surface area contributed by atoms with Crippen LogP contribution in [0.3, 0.4) is 0 Å². The van der Waals surface area contributed by atoms with Gasteiger partial charge in [0.05, 0.1) is 18.3 Å². The van der Waals surface area contributed by atoms with Crippen LogP contribution < -0.4 is 5.56 Å². The molecule has 0 saturated carbocycles. The Labute approximate surface area is 154 Å². The first-order chi connectivity index (χ1) is 13.0. The third-order valence-corrected chi connectivity index (χ3v) is 4.65. The molecule has 0 aliphatic rings. The second-order valence-corrected chi connectivity index (χ2v) is 6.50. The van der Waals surface area contributed by atoms with Crippen molar-refractivity contribution in [1.82, 2.24) is 14.2 Å². The van der Waals surface area contributed by atoms with Gasteiger partial charge in [0.15, 0.2) is 0 Å². The predicted octanol–water partition coefficient (Wildman–Crippen LogP) is 3.34. The number of aryl methyl sites for hydroxylation is 1. The molecule has 0 aliphatic carbocycles. The average Bonchev–Trinajstić information content (AvgIpc) is 3.10. The minimum Gasteiger partial charge on any atom is -0.387 e. The number of aliphatic hydroxyl groups is 1. The third-order valence-electron chi connectivity index (χ3n) is 4.65. The predicted molar refractivity (Wildman–Crippen MR) is 101 cm³/mol. The van der Waals surface area contributed by atoms with E-state index in [0.717, 1.165) is 16.8 Å². The number of halogens is 1. The molecule has 2 aromatic heterocycles. The molecule has 2 heterocycles. The Hall–Kier alpha value is -3.25. The lowest BCUT2D eigenvalue weighted by Crippen LogP contribution is -2.24. The van der Waals surface area contributed by atoms with Gasteiger partial charge in [-0.2, -0.15) is 5.10 Å². The maximum atomic E-state index is 13.0. The zero-order valence-electron chi connectivity index (χ0n) is 14.7. The van der Waals surface area contributed by atoms with Gasteiger partial charge < -0.3 is 9.67 Å². The number of aliphatic hydroxyl groups excluding tert-OH is 1. The fraction of sp³-hybridized carbons (Fsp3) is 0.143. The van der Waals surface area contributed by atoms with Crippen LogP contribution in [0.15, 0.2) is 71.8 Å². The van der Waals surface area contributed by atoms with Crippen molar-refractivity contribution in [3.63, 3.8) is 0 Å². The van der Waals surface area contributed by atoms with E-state index in [9.17, 15) is 14.3 Å². The van der Waals surface area contributed by atoms with Crippen molar-refractivity contribution in [3.8, 4) is 11.3 Å². The number of rotatable bonds is 4. The average molecular weight is 363 g/mol. The first-order valence-corrected chi connectivity index (χ1v) is 8.61. The Morgan fingerprint density at radius 2 is 1.85 bits per heavy atom. The van der Waals surface area contributed by atoms with Gasteiger partial charge in [-0.05, 0) is 36.2 Å². The molecule has 136 valence electrons. The lowest BCUT2D eigenvalue weighted by Gasteiger charge is -2.13. The molecule has 27 heavy (non-hydrogen) atoms. The molecule has 0 aliphatic heterocycles. The minimum absolute atomic E-state index is 0.0752. The number of nitrogens with zero attached hydrogens (tertiary/aromatic N) is 3. The van der Waals surface area contributed by atoms with E-state index in [1.165, 1.54) is 28.8 Å². The van der Waals surface area contributed by atoms with Crippen molar-refractivity contribution in [2.24, 2.45) is 0 Å². The first kappa shape index (κ1) is 17.2. The molecule has 0 saturated heterocycles. The molecular weight excluding hydrogens is 345 g/mol. The number of benzene rings is 2. The van der Waals surface area contributed by atoms with Crippen LogP contribution in [-0.4, -0.2) is 19.3 Å². The van der Waals surface area contributed by atoms with Crippen molar-refractivity contribution in [2.75, 3.05) is 0 Å². The summed E-state index contributed by atoms with van der Waals surface area (Å²) in [6, 6.07) is 15.2. The highest BCUT2D eigenvalue weighted by Crippen LogP contribution is 2.22. The van der Waals surface area contributed by atoms with Crippen molar-refractivity contribution in [3.05, 3.63) is 94.3 Å². The summed E-state index contributed by atoms with van der Waals surface area (Å²) in [6.45, 7) is 2.07. The van der Waals surface area contributed by atoms with Crippen LogP contribution in [0.25, 0.3) is 16.8 Å². The summed E-state index contributed by atoms with van der Waals surface area (Å²) in [7, 11) is 0. The van der Waals surface area contributed by atoms with E-state index in [2.05, 4.69) is 5.10 Å². The van der Waals surface area contributed by atoms with Crippen molar-refractivity contribution < 1.29 is 9.50 Å². The lowest BCUT2D eigenvalue weighted by atomic mass is 10.1. The summed E-state index contributed by atoms with van der Waals surface area (Å²) in [6.07, 6.45) is 2.37. The Morgan fingerprint density at radius 1 is 1.11 bits per heavy atom. The zero-order valence-corrected chi connectivity index (χ0v) is 14.7. The van der Waals surface area contributed by atoms with Crippen LogP contribution >= 0.6 is 0 Å². The van der Waals surface area contributed by atoms with Crippen LogP contribution in [0.2, 0.25) is 0 Å². The van der Waals surface area contributed by atoms with Gasteiger partial charge in [0.25, 0.3) is 5.56 Å². The summed E-state index contributed by atoms with van der Waals surface area (Å²) in [4.78, 5) is 12.8.